The van der Waals surface area contributed by atoms with Gasteiger partial charge in [-0.15, -0.1) is 12.8 Å². The van der Waals surface area contributed by atoms with Crippen molar-refractivity contribution in [3.8, 4) is 35.8 Å². The number of phenols is 2. The summed E-state index contributed by atoms with van der Waals surface area (Å²) >= 11 is 0. The molecule has 2 heterocycles. The van der Waals surface area contributed by atoms with E-state index in [-0.39, 0.29) is 35.5 Å². The minimum absolute atomic E-state index is 0.0986. The van der Waals surface area contributed by atoms with Crippen LogP contribution in [0.15, 0.2) is 36.4 Å². The molecular formula is C22H24O6. The van der Waals surface area contributed by atoms with E-state index in [0.29, 0.717) is 24.7 Å². The first-order valence-corrected chi connectivity index (χ1v) is 8.92. The summed E-state index contributed by atoms with van der Waals surface area (Å²) in [6, 6.07) is 10.6. The van der Waals surface area contributed by atoms with Crippen molar-refractivity contribution in [3.63, 3.8) is 0 Å². The molecule has 2 aliphatic heterocycles. The molecule has 6 heteroatoms. The van der Waals surface area contributed by atoms with E-state index in [4.69, 9.17) is 18.9 Å². The van der Waals surface area contributed by atoms with E-state index < -0.39 is 0 Å². The number of phenolic OH excluding ortho intramolecular Hbond substituents is 2. The zero-order chi connectivity index (χ0) is 20.3. The van der Waals surface area contributed by atoms with Crippen molar-refractivity contribution in [2.75, 3.05) is 27.4 Å². The van der Waals surface area contributed by atoms with Gasteiger partial charge in [0.25, 0.3) is 0 Å². The highest BCUT2D eigenvalue weighted by atomic mass is 16.5. The monoisotopic (exact) mass is 384 g/mol. The summed E-state index contributed by atoms with van der Waals surface area (Å²) in [4.78, 5) is 0. The Kier molecular flexibility index (Phi) is 5.98. The molecule has 0 aromatic heterocycles. The molecule has 0 radical (unpaired) electrons. The fraction of sp³-hybridized carbons (Fsp3) is 0.364. The summed E-state index contributed by atoms with van der Waals surface area (Å²) in [7, 11) is 3.06. The number of methoxy groups -OCH3 is 2. The number of benzene rings is 2. The summed E-state index contributed by atoms with van der Waals surface area (Å²) in [6.45, 7) is 1.18. The van der Waals surface area contributed by atoms with Crippen LogP contribution in [0, 0.1) is 24.7 Å². The molecular weight excluding hydrogens is 360 g/mol. The normalized spacial score (nSPS) is 25.4. The van der Waals surface area contributed by atoms with Gasteiger partial charge in [0.05, 0.1) is 39.6 Å². The van der Waals surface area contributed by atoms with Crippen molar-refractivity contribution in [1.29, 1.82) is 0 Å². The first kappa shape index (κ1) is 19.9. The van der Waals surface area contributed by atoms with E-state index in [1.165, 1.54) is 14.2 Å². The molecule has 0 spiro atoms. The van der Waals surface area contributed by atoms with Gasteiger partial charge in [0.2, 0.25) is 0 Å². The average Bonchev–Trinajstić information content (AvgIpc) is 3.33. The van der Waals surface area contributed by atoms with Crippen LogP contribution in [-0.2, 0) is 9.47 Å². The van der Waals surface area contributed by atoms with Gasteiger partial charge >= 0.3 is 0 Å². The molecule has 2 fully saturated rings. The first-order valence-electron chi connectivity index (χ1n) is 8.92. The molecule has 6 nitrogen and oxygen atoms in total. The van der Waals surface area contributed by atoms with Gasteiger partial charge < -0.3 is 29.2 Å². The summed E-state index contributed by atoms with van der Waals surface area (Å²) in [6.07, 6.45) is 7.80. The molecule has 28 heavy (non-hydrogen) atoms. The quantitative estimate of drug-likeness (QED) is 0.787. The summed E-state index contributed by atoms with van der Waals surface area (Å²) < 4.78 is 22.6. The Labute approximate surface area is 164 Å². The second kappa shape index (κ2) is 8.42. The third kappa shape index (κ3) is 3.47. The molecule has 2 unspecified atom stereocenters. The van der Waals surface area contributed by atoms with E-state index in [1.54, 1.807) is 12.1 Å². The molecule has 0 bridgehead atoms. The van der Waals surface area contributed by atoms with Crippen LogP contribution in [0.25, 0.3) is 0 Å². The van der Waals surface area contributed by atoms with Crippen LogP contribution in [0.1, 0.15) is 23.3 Å². The maximum Gasteiger partial charge on any atom is 0.160 e. The lowest BCUT2D eigenvalue weighted by molar-refractivity contribution is 0.0191. The summed E-state index contributed by atoms with van der Waals surface area (Å²) in [5.41, 5.74) is 1.94. The van der Waals surface area contributed by atoms with Crippen LogP contribution in [0.3, 0.4) is 0 Å². The minimum Gasteiger partial charge on any atom is -0.504 e. The molecule has 2 saturated heterocycles. The number of fused-ring (bicyclic) bond motifs is 1. The Bertz CT molecular complexity index is 779. The lowest BCUT2D eigenvalue weighted by Gasteiger charge is -2.18. The molecule has 2 N–H and O–H groups in total. The SMILES string of the molecule is C#C.COc1cc([C@H]2OCC3C2CO[C@@H]3c2ccc(O)c(OC)c2)ccc1O. The molecule has 148 valence electrons. The van der Waals surface area contributed by atoms with Crippen molar-refractivity contribution >= 4 is 0 Å². The van der Waals surface area contributed by atoms with Crippen LogP contribution in [0.4, 0.5) is 0 Å². The minimum atomic E-state index is -0.0986. The highest BCUT2D eigenvalue weighted by Gasteiger charge is 2.48. The van der Waals surface area contributed by atoms with Crippen LogP contribution in [-0.4, -0.2) is 37.6 Å². The van der Waals surface area contributed by atoms with Crippen molar-refractivity contribution < 1.29 is 29.2 Å². The lowest BCUT2D eigenvalue weighted by Crippen LogP contribution is -2.14. The first-order chi connectivity index (χ1) is 13.6. The van der Waals surface area contributed by atoms with Gasteiger partial charge in [-0.3, -0.25) is 0 Å². The van der Waals surface area contributed by atoms with Crippen molar-refractivity contribution in [1.82, 2.24) is 0 Å². The topological polar surface area (TPSA) is 77.4 Å². The Balaban J connectivity index is 0.00000109. The predicted molar refractivity (Wildman–Crippen MR) is 104 cm³/mol. The third-order valence-corrected chi connectivity index (χ3v) is 5.33. The predicted octanol–water partition coefficient (Wildman–Crippen LogP) is 3.44. The molecule has 2 aliphatic rings. The Hall–Kier alpha value is -2.88. The van der Waals surface area contributed by atoms with Crippen molar-refractivity contribution in [2.24, 2.45) is 11.8 Å². The number of aromatic hydroxyl groups is 2. The smallest absolute Gasteiger partial charge is 0.160 e. The standard InChI is InChI=1S/C20H22O6.C2H2/c1-23-17-7-11(3-5-15(17)21)19-13-9-26-20(14(13)10-25-19)12-4-6-16(22)18(8-12)24-2;1-2/h3-8,13-14,19-22H,9-10H2,1-2H3;1-2H/t13?,14?,19-,20-;/m1./s1. The number of hydrogen-bond donors (Lipinski definition) is 2. The summed E-state index contributed by atoms with van der Waals surface area (Å²) in [5.74, 6) is 1.54. The zero-order valence-electron chi connectivity index (χ0n) is 15.9. The van der Waals surface area contributed by atoms with Crippen LogP contribution >= 0.6 is 0 Å². The fourth-order valence-corrected chi connectivity index (χ4v) is 3.98. The van der Waals surface area contributed by atoms with E-state index in [1.807, 2.05) is 24.3 Å². The van der Waals surface area contributed by atoms with Gasteiger partial charge in [-0.25, -0.2) is 0 Å². The molecule has 4 rings (SSSR count). The molecule has 2 aromatic carbocycles. The maximum absolute atomic E-state index is 9.80. The van der Waals surface area contributed by atoms with Gasteiger partial charge in [0.15, 0.2) is 23.0 Å². The van der Waals surface area contributed by atoms with Crippen molar-refractivity contribution in [3.05, 3.63) is 47.5 Å². The number of hydrogen-bond acceptors (Lipinski definition) is 6. The number of rotatable bonds is 4. The van der Waals surface area contributed by atoms with Crippen molar-refractivity contribution in [2.45, 2.75) is 12.2 Å². The number of ether oxygens (including phenoxy) is 4. The molecule has 0 aliphatic carbocycles. The van der Waals surface area contributed by atoms with E-state index in [0.717, 1.165) is 11.1 Å². The fourth-order valence-electron chi connectivity index (χ4n) is 3.98. The largest absolute Gasteiger partial charge is 0.504 e. The van der Waals surface area contributed by atoms with Crippen LogP contribution in [0.5, 0.6) is 23.0 Å². The summed E-state index contributed by atoms with van der Waals surface area (Å²) in [5, 5.41) is 19.6. The Morgan fingerprint density at radius 1 is 0.786 bits per heavy atom. The molecule has 4 atom stereocenters. The van der Waals surface area contributed by atoms with Gasteiger partial charge in [0, 0.05) is 11.8 Å². The van der Waals surface area contributed by atoms with Gasteiger partial charge in [-0.1, -0.05) is 12.1 Å². The van der Waals surface area contributed by atoms with E-state index in [9.17, 15) is 10.2 Å². The van der Waals surface area contributed by atoms with E-state index in [2.05, 4.69) is 12.8 Å². The Morgan fingerprint density at radius 2 is 1.18 bits per heavy atom. The average molecular weight is 384 g/mol. The lowest BCUT2D eigenvalue weighted by atomic mass is 9.85. The zero-order valence-corrected chi connectivity index (χ0v) is 15.9. The van der Waals surface area contributed by atoms with E-state index >= 15 is 0 Å². The highest BCUT2D eigenvalue weighted by molar-refractivity contribution is 5.44. The number of terminal acetylenes is 1. The second-order valence-corrected chi connectivity index (χ2v) is 6.70. The second-order valence-electron chi connectivity index (χ2n) is 6.70. The van der Waals surface area contributed by atoms with Gasteiger partial charge in [-0.05, 0) is 35.4 Å². The highest BCUT2D eigenvalue weighted by Crippen LogP contribution is 2.51. The van der Waals surface area contributed by atoms with Gasteiger partial charge in [-0.2, -0.15) is 0 Å². The molecule has 0 saturated carbocycles. The third-order valence-electron chi connectivity index (χ3n) is 5.33. The molecule has 2 aromatic rings. The Morgan fingerprint density at radius 3 is 1.54 bits per heavy atom. The van der Waals surface area contributed by atoms with Crippen LogP contribution in [0.2, 0.25) is 0 Å². The van der Waals surface area contributed by atoms with Crippen LogP contribution < -0.4 is 9.47 Å². The molecule has 0 amide bonds. The maximum atomic E-state index is 9.80. The van der Waals surface area contributed by atoms with Gasteiger partial charge in [0.1, 0.15) is 0 Å².